The fourth-order valence-electron chi connectivity index (χ4n) is 10.8. The summed E-state index contributed by atoms with van der Waals surface area (Å²) in [4.78, 5) is 0. The molecule has 1 spiro atoms. The molecule has 1 heterocycles. The van der Waals surface area contributed by atoms with Gasteiger partial charge in [0.15, 0.2) is 16.6 Å². The van der Waals surface area contributed by atoms with Crippen molar-refractivity contribution in [3.8, 4) is 0 Å². The van der Waals surface area contributed by atoms with Crippen molar-refractivity contribution in [3.05, 3.63) is 60.7 Å². The van der Waals surface area contributed by atoms with Gasteiger partial charge in [-0.25, -0.2) is 0 Å². The second kappa shape index (κ2) is 16.0. The van der Waals surface area contributed by atoms with Crippen molar-refractivity contribution < 1.29 is 23.1 Å². The van der Waals surface area contributed by atoms with E-state index < -0.39 is 36.7 Å². The lowest BCUT2D eigenvalue weighted by Gasteiger charge is -2.64. The third kappa shape index (κ3) is 8.69. The van der Waals surface area contributed by atoms with Crippen molar-refractivity contribution in [2.75, 3.05) is 19.8 Å². The summed E-state index contributed by atoms with van der Waals surface area (Å²) in [5.74, 6) is 1.12. The Morgan fingerprint density at radius 1 is 0.719 bits per heavy atom. The van der Waals surface area contributed by atoms with Gasteiger partial charge in [0.1, 0.15) is 5.60 Å². The first-order valence-corrected chi connectivity index (χ1v) is 30.1. The predicted molar refractivity (Wildman–Crippen MR) is 248 cm³/mol. The van der Waals surface area contributed by atoms with Gasteiger partial charge >= 0.3 is 0 Å². The number of hydrogen-bond acceptors (Lipinski definition) is 5. The summed E-state index contributed by atoms with van der Waals surface area (Å²) in [5, 5.41) is 15.6. The van der Waals surface area contributed by atoms with E-state index in [4.69, 9.17) is 18.0 Å². The van der Waals surface area contributed by atoms with Crippen molar-refractivity contribution in [3.63, 3.8) is 0 Å². The normalized spacial score (nSPS) is 31.3. The number of rotatable bonds is 13. The molecule has 57 heavy (non-hydrogen) atoms. The lowest BCUT2D eigenvalue weighted by Crippen LogP contribution is -2.70. The first kappa shape index (κ1) is 46.9. The molecule has 0 amide bonds. The van der Waals surface area contributed by atoms with Crippen LogP contribution in [0.5, 0.6) is 0 Å². The molecule has 322 valence electrons. The van der Waals surface area contributed by atoms with Gasteiger partial charge in [-0.2, -0.15) is 0 Å². The maximum atomic E-state index is 12.8. The van der Waals surface area contributed by atoms with Crippen LogP contribution in [0.15, 0.2) is 60.7 Å². The van der Waals surface area contributed by atoms with E-state index in [2.05, 4.69) is 184 Å². The van der Waals surface area contributed by atoms with Gasteiger partial charge in [0, 0.05) is 19.3 Å². The van der Waals surface area contributed by atoms with Crippen molar-refractivity contribution in [1.29, 1.82) is 0 Å². The number of benzene rings is 2. The Morgan fingerprint density at radius 3 is 1.58 bits per heavy atom. The monoisotopic (exact) mass is 837 g/mol. The van der Waals surface area contributed by atoms with Gasteiger partial charge in [-0.15, -0.1) is 0 Å². The molecule has 8 heteroatoms. The molecule has 2 aliphatic carbocycles. The number of aliphatic hydroxyl groups excluding tert-OH is 1. The highest BCUT2D eigenvalue weighted by Crippen LogP contribution is 2.67. The van der Waals surface area contributed by atoms with Crippen molar-refractivity contribution in [2.45, 2.75) is 175 Å². The Kier molecular flexibility index (Phi) is 13.2. The summed E-state index contributed by atoms with van der Waals surface area (Å²) in [6, 6.07) is 22.3. The maximum Gasteiger partial charge on any atom is 0.261 e. The highest BCUT2D eigenvalue weighted by Gasteiger charge is 2.71. The van der Waals surface area contributed by atoms with Gasteiger partial charge in [0.2, 0.25) is 0 Å². The van der Waals surface area contributed by atoms with Crippen LogP contribution in [-0.4, -0.2) is 67.7 Å². The average Bonchev–Trinajstić information content (AvgIpc) is 3.87. The van der Waals surface area contributed by atoms with Crippen LogP contribution in [-0.2, 0) is 18.0 Å². The molecule has 1 saturated heterocycles. The lowest BCUT2D eigenvalue weighted by atomic mass is 9.42. The minimum Gasteiger partial charge on any atom is -0.417 e. The SMILES string of the molecule is CC(C)[C@@H](CO[Si](C)(C)C(C)(C)C)[C@]1(C)C[C@]2(CO2)[C@@H](O)[C@H]2[C@@H]1C[C@H](O[Si](c1ccccc1)(c1ccccc1)C(C)(C)C)C[C@@]2(C)[C@H](C)CO[Si](C)(C)C(C)(C)C. The smallest absolute Gasteiger partial charge is 0.261 e. The zero-order chi connectivity index (χ0) is 42.8. The Morgan fingerprint density at radius 2 is 1.18 bits per heavy atom. The molecule has 1 aliphatic heterocycles. The van der Waals surface area contributed by atoms with E-state index in [0.717, 1.165) is 25.9 Å². The van der Waals surface area contributed by atoms with Crippen LogP contribution >= 0.6 is 0 Å². The molecule has 2 aromatic rings. The van der Waals surface area contributed by atoms with Crippen LogP contribution in [0, 0.1) is 40.4 Å². The van der Waals surface area contributed by atoms with Gasteiger partial charge in [-0.05, 0) is 111 Å². The first-order valence-electron chi connectivity index (χ1n) is 22.4. The number of epoxide rings is 1. The molecule has 0 aromatic heterocycles. The van der Waals surface area contributed by atoms with Gasteiger partial charge in [0.05, 0.1) is 12.7 Å². The number of fused-ring (bicyclic) bond motifs is 1. The zero-order valence-electron chi connectivity index (χ0n) is 39.6. The van der Waals surface area contributed by atoms with Crippen molar-refractivity contribution >= 4 is 35.3 Å². The summed E-state index contributed by atoms with van der Waals surface area (Å²) in [7, 11) is -6.95. The Balaban J connectivity index is 1.69. The number of ether oxygens (including phenoxy) is 1. The molecular formula is C49H84O5Si3. The third-order valence-electron chi connectivity index (χ3n) is 16.8. The molecule has 3 fully saturated rings. The molecular weight excluding hydrogens is 753 g/mol. The summed E-state index contributed by atoms with van der Waals surface area (Å²) in [6.07, 6.45) is 2.08. The van der Waals surface area contributed by atoms with Crippen molar-refractivity contribution in [1.82, 2.24) is 0 Å². The number of aliphatic hydroxyl groups is 1. The molecule has 2 aromatic carbocycles. The number of hydrogen-bond donors (Lipinski definition) is 1. The Labute approximate surface area is 353 Å². The van der Waals surface area contributed by atoms with Gasteiger partial charge in [0.25, 0.3) is 8.32 Å². The van der Waals surface area contributed by atoms with Crippen LogP contribution in [0.25, 0.3) is 0 Å². The quantitative estimate of drug-likeness (QED) is 0.161. The Hall–Kier alpha value is -1.11. The van der Waals surface area contributed by atoms with Crippen LogP contribution in [0.2, 0.25) is 41.3 Å². The molecule has 0 bridgehead atoms. The molecule has 5 rings (SSSR count). The molecule has 9 atom stereocenters. The van der Waals surface area contributed by atoms with Gasteiger partial charge in [-0.3, -0.25) is 0 Å². The van der Waals surface area contributed by atoms with E-state index in [1.165, 1.54) is 10.4 Å². The highest BCUT2D eigenvalue weighted by atomic mass is 28.4. The lowest BCUT2D eigenvalue weighted by molar-refractivity contribution is -0.209. The second-order valence-electron chi connectivity index (χ2n) is 23.9. The van der Waals surface area contributed by atoms with E-state index >= 15 is 0 Å². The van der Waals surface area contributed by atoms with Gasteiger partial charge < -0.3 is 23.1 Å². The minimum atomic E-state index is -2.88. The first-order chi connectivity index (χ1) is 26.0. The van der Waals surface area contributed by atoms with Crippen LogP contribution < -0.4 is 10.4 Å². The third-order valence-corrected chi connectivity index (χ3v) is 30.9. The largest absolute Gasteiger partial charge is 0.417 e. The maximum absolute atomic E-state index is 12.8. The van der Waals surface area contributed by atoms with Crippen molar-refractivity contribution in [2.24, 2.45) is 40.4 Å². The topological polar surface area (TPSA) is 60.5 Å². The molecule has 3 aliphatic rings. The molecule has 1 N–H and O–H groups in total. The summed E-state index contributed by atoms with van der Waals surface area (Å²) >= 11 is 0. The molecule has 0 radical (unpaired) electrons. The highest BCUT2D eigenvalue weighted by molar-refractivity contribution is 6.99. The van der Waals surface area contributed by atoms with E-state index in [1.807, 2.05) is 0 Å². The second-order valence-corrected chi connectivity index (χ2v) is 37.7. The fourth-order valence-corrected chi connectivity index (χ4v) is 17.6. The zero-order valence-corrected chi connectivity index (χ0v) is 42.6. The van der Waals surface area contributed by atoms with E-state index in [-0.39, 0.29) is 49.8 Å². The van der Waals surface area contributed by atoms with E-state index in [0.29, 0.717) is 25.0 Å². The average molecular weight is 837 g/mol. The minimum absolute atomic E-state index is 0.00677. The molecule has 0 unspecified atom stereocenters. The van der Waals surface area contributed by atoms with Crippen LogP contribution in [0.4, 0.5) is 0 Å². The van der Waals surface area contributed by atoms with Crippen LogP contribution in [0.3, 0.4) is 0 Å². The molecule has 5 nitrogen and oxygen atoms in total. The standard InChI is InChI=1S/C49H84O5Si3/c1-35(2)41(32-53-56(17,18)45(7,8)9)48(14)33-49(34-51-49)43(50)42-40(48)29-37(30-47(42,13)36(3)31-52-55(15,16)44(4,5)6)54-57(46(10,11)12,38-25-21-19-22-26-38)39-27-23-20-24-28-39/h19-28,35-37,40-43,50H,29-34H2,1-18H3/t36-,37+,40+,41-,42-,43+,47+,48-,49+/m1/s1. The van der Waals surface area contributed by atoms with E-state index in [1.54, 1.807) is 0 Å². The van der Waals surface area contributed by atoms with Crippen LogP contribution in [0.1, 0.15) is 116 Å². The van der Waals surface area contributed by atoms with E-state index in [9.17, 15) is 5.11 Å². The Bertz CT molecular complexity index is 1600. The fraction of sp³-hybridized carbons (Fsp3) is 0.755. The molecule has 2 saturated carbocycles. The summed E-state index contributed by atoms with van der Waals surface area (Å²) in [6.45, 7) is 45.1. The summed E-state index contributed by atoms with van der Waals surface area (Å²) < 4.78 is 29.0. The van der Waals surface area contributed by atoms with Gasteiger partial charge in [-0.1, -0.05) is 158 Å². The predicted octanol–water partition coefficient (Wildman–Crippen LogP) is 11.5. The summed E-state index contributed by atoms with van der Waals surface area (Å²) in [5.41, 5.74) is -0.929.